The number of fused-ring (bicyclic) bond motifs is 1. The van der Waals surface area contributed by atoms with Crippen LogP contribution in [-0.2, 0) is 21.2 Å². The van der Waals surface area contributed by atoms with Gasteiger partial charge in [0.05, 0.1) is 10.8 Å². The molecule has 1 amide bonds. The van der Waals surface area contributed by atoms with Crippen molar-refractivity contribution < 1.29 is 13.2 Å². The minimum atomic E-state index is -3.64. The number of rotatable bonds is 0. The Hall–Kier alpha value is -0.590. The van der Waals surface area contributed by atoms with Crippen molar-refractivity contribution >= 4 is 38.9 Å². The summed E-state index contributed by atoms with van der Waals surface area (Å²) in [4.78, 5) is 12.0. The molecular weight excluding hydrogens is 246 g/mol. The quantitative estimate of drug-likeness (QED) is 0.694. The van der Waals surface area contributed by atoms with Crippen molar-refractivity contribution in [1.29, 1.82) is 0 Å². The number of hydrogen-bond donors (Lipinski definition) is 0. The Morgan fingerprint density at radius 1 is 1.57 bits per heavy atom. The van der Waals surface area contributed by atoms with E-state index in [9.17, 15) is 13.2 Å². The minimum absolute atomic E-state index is 0.114. The number of likely N-dealkylation sites (N-methyl/N-ethyl adjacent to an activating group) is 1. The van der Waals surface area contributed by atoms with E-state index in [1.807, 2.05) is 0 Å². The fraction of sp³-hybridized carbons (Fsp3) is 0.286. The molecule has 1 aromatic rings. The number of nitrogens with zero attached hydrogens (tertiary/aromatic N) is 1. The van der Waals surface area contributed by atoms with Gasteiger partial charge in [-0.05, 0) is 6.07 Å². The van der Waals surface area contributed by atoms with Crippen LogP contribution in [0.2, 0.25) is 4.34 Å². The van der Waals surface area contributed by atoms with E-state index in [-0.39, 0.29) is 11.3 Å². The zero-order valence-electron chi connectivity index (χ0n) is 7.15. The molecule has 0 atom stereocenters. The molecule has 7 heteroatoms. The Balaban J connectivity index is 2.71. The van der Waals surface area contributed by atoms with Gasteiger partial charge in [0.15, 0.2) is 0 Å². The first kappa shape index (κ1) is 9.95. The molecule has 1 aliphatic heterocycles. The molecule has 1 aromatic heterocycles. The van der Waals surface area contributed by atoms with Crippen LogP contribution in [0.5, 0.6) is 0 Å². The van der Waals surface area contributed by atoms with Gasteiger partial charge in [0.25, 0.3) is 10.0 Å². The third kappa shape index (κ3) is 1.25. The summed E-state index contributed by atoms with van der Waals surface area (Å²) < 4.78 is 24.5. The maximum atomic E-state index is 11.7. The largest absolute Gasteiger partial charge is 0.273 e. The van der Waals surface area contributed by atoms with Crippen LogP contribution in [0.1, 0.15) is 4.88 Å². The van der Waals surface area contributed by atoms with Crippen molar-refractivity contribution in [2.24, 2.45) is 0 Å². The van der Waals surface area contributed by atoms with E-state index >= 15 is 0 Å². The van der Waals surface area contributed by atoms with Gasteiger partial charge in [-0.1, -0.05) is 11.6 Å². The SMILES string of the molecule is CN1C(=O)Cc2sc(Cl)cc2S1(=O)=O. The highest BCUT2D eigenvalue weighted by Gasteiger charge is 2.35. The van der Waals surface area contributed by atoms with Gasteiger partial charge in [-0.2, -0.15) is 0 Å². The van der Waals surface area contributed by atoms with E-state index < -0.39 is 15.9 Å². The van der Waals surface area contributed by atoms with Crippen LogP contribution in [0.25, 0.3) is 0 Å². The summed E-state index contributed by atoms with van der Waals surface area (Å²) in [6.07, 6.45) is 0.114. The van der Waals surface area contributed by atoms with Gasteiger partial charge in [0, 0.05) is 11.9 Å². The molecule has 76 valence electrons. The molecule has 0 radical (unpaired) electrons. The summed E-state index contributed by atoms with van der Waals surface area (Å²) >= 11 is 6.83. The summed E-state index contributed by atoms with van der Waals surface area (Å²) in [7, 11) is -2.38. The number of sulfonamides is 1. The highest BCUT2D eigenvalue weighted by Crippen LogP contribution is 2.35. The summed E-state index contributed by atoms with van der Waals surface area (Å²) in [5, 5.41) is 0. The molecule has 2 rings (SSSR count). The fourth-order valence-electron chi connectivity index (χ4n) is 1.25. The molecule has 14 heavy (non-hydrogen) atoms. The van der Waals surface area contributed by atoms with Crippen LogP contribution < -0.4 is 0 Å². The summed E-state index contributed by atoms with van der Waals surface area (Å²) in [6, 6.07) is 1.39. The molecule has 0 saturated carbocycles. The predicted octanol–water partition coefficient (Wildman–Crippen LogP) is 1.10. The van der Waals surface area contributed by atoms with E-state index in [1.165, 1.54) is 13.1 Å². The van der Waals surface area contributed by atoms with Gasteiger partial charge < -0.3 is 0 Å². The smallest absolute Gasteiger partial charge is 0.267 e. The summed E-state index contributed by atoms with van der Waals surface area (Å²) in [5.41, 5.74) is 0. The molecule has 0 spiro atoms. The molecule has 0 N–H and O–H groups in total. The van der Waals surface area contributed by atoms with Crippen LogP contribution in [0.3, 0.4) is 0 Å². The Morgan fingerprint density at radius 2 is 2.21 bits per heavy atom. The van der Waals surface area contributed by atoms with Gasteiger partial charge in [0.1, 0.15) is 4.90 Å². The van der Waals surface area contributed by atoms with E-state index in [0.29, 0.717) is 9.21 Å². The molecule has 1 aliphatic rings. The lowest BCUT2D eigenvalue weighted by Crippen LogP contribution is -2.38. The molecule has 0 aliphatic carbocycles. The van der Waals surface area contributed by atoms with Crippen LogP contribution in [0.15, 0.2) is 11.0 Å². The Labute approximate surface area is 90.1 Å². The molecule has 2 heterocycles. The van der Waals surface area contributed by atoms with Crippen LogP contribution >= 0.6 is 22.9 Å². The van der Waals surface area contributed by atoms with Crippen molar-refractivity contribution in [3.8, 4) is 0 Å². The Morgan fingerprint density at radius 3 is 2.86 bits per heavy atom. The van der Waals surface area contributed by atoms with Gasteiger partial charge in [0.2, 0.25) is 5.91 Å². The standard InChI is InChI=1S/C7H6ClNO3S2/c1-9-7(10)2-4-5(14(9,11)12)3-6(8)13-4/h3H,2H2,1H3. The van der Waals surface area contributed by atoms with Gasteiger partial charge >= 0.3 is 0 Å². The lowest BCUT2D eigenvalue weighted by molar-refractivity contribution is -0.125. The Kier molecular flexibility index (Phi) is 2.09. The summed E-state index contributed by atoms with van der Waals surface area (Å²) in [6.45, 7) is 0. The second kappa shape index (κ2) is 2.95. The number of carbonyl (C=O) groups excluding carboxylic acids is 1. The highest BCUT2D eigenvalue weighted by atomic mass is 35.5. The number of halogens is 1. The highest BCUT2D eigenvalue weighted by molar-refractivity contribution is 7.90. The van der Waals surface area contributed by atoms with Crippen LogP contribution in [0, 0.1) is 0 Å². The molecule has 0 saturated heterocycles. The zero-order valence-corrected chi connectivity index (χ0v) is 9.54. The fourth-order valence-corrected chi connectivity index (χ4v) is 4.24. The van der Waals surface area contributed by atoms with Crippen molar-refractivity contribution in [1.82, 2.24) is 4.31 Å². The number of amides is 1. The first-order valence-electron chi connectivity index (χ1n) is 3.73. The molecule has 4 nitrogen and oxygen atoms in total. The first-order valence-corrected chi connectivity index (χ1v) is 6.36. The van der Waals surface area contributed by atoms with Crippen molar-refractivity contribution in [3.63, 3.8) is 0 Å². The first-order chi connectivity index (χ1) is 6.43. The topological polar surface area (TPSA) is 54.5 Å². The second-order valence-corrected chi connectivity index (χ2v) is 6.59. The van der Waals surface area contributed by atoms with Crippen molar-refractivity contribution in [3.05, 3.63) is 15.3 Å². The molecule has 0 fully saturated rings. The average molecular weight is 252 g/mol. The monoisotopic (exact) mass is 251 g/mol. The molecular formula is C7H6ClNO3S2. The molecule has 0 unspecified atom stereocenters. The average Bonchev–Trinajstić information content (AvgIpc) is 2.44. The number of carbonyl (C=O) groups is 1. The number of thiophene rings is 1. The van der Waals surface area contributed by atoms with E-state index in [0.717, 1.165) is 15.6 Å². The minimum Gasteiger partial charge on any atom is -0.273 e. The predicted molar refractivity (Wildman–Crippen MR) is 53.0 cm³/mol. The van der Waals surface area contributed by atoms with Crippen molar-refractivity contribution in [2.45, 2.75) is 11.3 Å². The van der Waals surface area contributed by atoms with Gasteiger partial charge in [-0.25, -0.2) is 12.7 Å². The third-order valence-corrected chi connectivity index (χ3v) is 5.28. The normalized spacial score (nSPS) is 19.6. The second-order valence-electron chi connectivity index (χ2n) is 2.88. The Bertz CT molecular complexity index is 505. The summed E-state index contributed by atoms with van der Waals surface area (Å²) in [5.74, 6) is -0.420. The zero-order chi connectivity index (χ0) is 10.5. The molecule has 0 aromatic carbocycles. The van der Waals surface area contributed by atoms with E-state index in [2.05, 4.69) is 0 Å². The number of hydrogen-bond acceptors (Lipinski definition) is 4. The van der Waals surface area contributed by atoms with Gasteiger partial charge in [-0.15, -0.1) is 11.3 Å². The van der Waals surface area contributed by atoms with Crippen LogP contribution in [-0.4, -0.2) is 25.7 Å². The lowest BCUT2D eigenvalue weighted by Gasteiger charge is -2.21. The van der Waals surface area contributed by atoms with E-state index in [1.54, 1.807) is 0 Å². The van der Waals surface area contributed by atoms with Crippen molar-refractivity contribution in [2.75, 3.05) is 7.05 Å². The molecule has 0 bridgehead atoms. The maximum absolute atomic E-state index is 11.7. The van der Waals surface area contributed by atoms with Crippen LogP contribution in [0.4, 0.5) is 0 Å². The third-order valence-electron chi connectivity index (χ3n) is 2.04. The lowest BCUT2D eigenvalue weighted by atomic mass is 10.3. The maximum Gasteiger partial charge on any atom is 0.267 e. The van der Waals surface area contributed by atoms with E-state index in [4.69, 9.17) is 11.6 Å². The van der Waals surface area contributed by atoms with Gasteiger partial charge in [-0.3, -0.25) is 4.79 Å².